The zero-order valence-corrected chi connectivity index (χ0v) is 17.1. The van der Waals surface area contributed by atoms with E-state index in [-0.39, 0.29) is 11.3 Å². The van der Waals surface area contributed by atoms with Crippen LogP contribution in [0.3, 0.4) is 0 Å². The van der Waals surface area contributed by atoms with Crippen LogP contribution in [0.25, 0.3) is 5.76 Å². The second-order valence-electron chi connectivity index (χ2n) is 7.01. The minimum absolute atomic E-state index is 0.0317. The minimum Gasteiger partial charge on any atom is -0.507 e. The van der Waals surface area contributed by atoms with Crippen LogP contribution in [0.2, 0.25) is 0 Å². The molecule has 1 aliphatic heterocycles. The van der Waals surface area contributed by atoms with Crippen LogP contribution < -0.4 is 14.4 Å². The molecule has 1 atom stereocenters. The second-order valence-corrected chi connectivity index (χ2v) is 7.01. The molecule has 6 heteroatoms. The monoisotopic (exact) mass is 415 g/mol. The minimum atomic E-state index is -0.807. The van der Waals surface area contributed by atoms with Crippen molar-refractivity contribution in [3.05, 3.63) is 95.6 Å². The Kier molecular flexibility index (Phi) is 5.45. The van der Waals surface area contributed by atoms with Crippen LogP contribution >= 0.6 is 0 Å². The zero-order valence-electron chi connectivity index (χ0n) is 17.1. The van der Waals surface area contributed by atoms with E-state index in [1.54, 1.807) is 79.9 Å². The van der Waals surface area contributed by atoms with Crippen molar-refractivity contribution in [1.82, 2.24) is 0 Å². The number of benzene rings is 3. The molecule has 1 N–H and O–H groups in total. The van der Waals surface area contributed by atoms with Gasteiger partial charge in [0.15, 0.2) is 0 Å². The number of methoxy groups -OCH3 is 2. The molecule has 0 spiro atoms. The maximum absolute atomic E-state index is 13.1. The molecule has 3 aromatic carbocycles. The SMILES string of the molecule is COc1ccc([C@@H]2/C(=C(\O)c3ccccc3)C(=O)C(=O)N2c2cccc(OC)c2)cc1. The first-order valence-corrected chi connectivity index (χ1v) is 9.69. The molecule has 0 radical (unpaired) electrons. The van der Waals surface area contributed by atoms with Gasteiger partial charge in [0.1, 0.15) is 17.3 Å². The normalized spacial score (nSPS) is 17.6. The van der Waals surface area contributed by atoms with Crippen molar-refractivity contribution < 1.29 is 24.2 Å². The van der Waals surface area contributed by atoms with Crippen molar-refractivity contribution in [2.45, 2.75) is 6.04 Å². The highest BCUT2D eigenvalue weighted by molar-refractivity contribution is 6.51. The van der Waals surface area contributed by atoms with Gasteiger partial charge in [-0.05, 0) is 29.8 Å². The molecule has 0 aromatic heterocycles. The standard InChI is InChI=1S/C25H21NO5/c1-30-19-13-11-16(12-14-19)22-21(23(27)17-7-4-3-5-8-17)24(28)25(29)26(22)18-9-6-10-20(15-18)31-2/h3-15,22,27H,1-2H3/b23-21+/t22-/m1/s1. The first kappa shape index (κ1) is 20.2. The Hall–Kier alpha value is -4.06. The van der Waals surface area contributed by atoms with Gasteiger partial charge in [-0.1, -0.05) is 48.5 Å². The Bertz CT molecular complexity index is 1150. The highest BCUT2D eigenvalue weighted by atomic mass is 16.5. The summed E-state index contributed by atoms with van der Waals surface area (Å²) in [4.78, 5) is 27.6. The van der Waals surface area contributed by atoms with E-state index in [0.29, 0.717) is 28.3 Å². The number of Topliss-reactive ketones (excluding diaryl/α,β-unsaturated/α-hetero) is 1. The predicted molar refractivity (Wildman–Crippen MR) is 117 cm³/mol. The predicted octanol–water partition coefficient (Wildman–Crippen LogP) is 4.33. The lowest BCUT2D eigenvalue weighted by Crippen LogP contribution is -2.29. The zero-order chi connectivity index (χ0) is 22.0. The van der Waals surface area contributed by atoms with E-state index in [4.69, 9.17) is 9.47 Å². The van der Waals surface area contributed by atoms with Gasteiger partial charge in [0.25, 0.3) is 11.7 Å². The fraction of sp³-hybridized carbons (Fsp3) is 0.120. The fourth-order valence-electron chi connectivity index (χ4n) is 3.71. The van der Waals surface area contributed by atoms with E-state index < -0.39 is 17.7 Å². The lowest BCUT2D eigenvalue weighted by Gasteiger charge is -2.26. The van der Waals surface area contributed by atoms with Gasteiger partial charge < -0.3 is 14.6 Å². The summed E-state index contributed by atoms with van der Waals surface area (Å²) in [6, 6.07) is 21.9. The number of aliphatic hydroxyl groups excluding tert-OH is 1. The van der Waals surface area contributed by atoms with E-state index in [9.17, 15) is 14.7 Å². The Balaban J connectivity index is 1.93. The van der Waals surface area contributed by atoms with E-state index in [1.165, 1.54) is 12.0 Å². The molecule has 0 bridgehead atoms. The number of hydrogen-bond acceptors (Lipinski definition) is 5. The smallest absolute Gasteiger partial charge is 0.300 e. The summed E-state index contributed by atoms with van der Waals surface area (Å²) in [5, 5.41) is 11.0. The van der Waals surface area contributed by atoms with Crippen molar-refractivity contribution in [1.29, 1.82) is 0 Å². The molecular formula is C25H21NO5. The molecule has 1 saturated heterocycles. The summed E-state index contributed by atoms with van der Waals surface area (Å²) < 4.78 is 10.5. The average molecular weight is 415 g/mol. The molecule has 1 heterocycles. The third-order valence-electron chi connectivity index (χ3n) is 5.25. The largest absolute Gasteiger partial charge is 0.507 e. The number of carbonyl (C=O) groups is 2. The van der Waals surface area contributed by atoms with Gasteiger partial charge in [-0.15, -0.1) is 0 Å². The van der Waals surface area contributed by atoms with Crippen molar-refractivity contribution >= 4 is 23.1 Å². The lowest BCUT2D eigenvalue weighted by molar-refractivity contribution is -0.132. The molecule has 156 valence electrons. The van der Waals surface area contributed by atoms with Gasteiger partial charge in [-0.25, -0.2) is 0 Å². The van der Waals surface area contributed by atoms with Crippen LogP contribution in [0.4, 0.5) is 5.69 Å². The molecule has 0 aliphatic carbocycles. The second kappa shape index (κ2) is 8.36. The highest BCUT2D eigenvalue weighted by Crippen LogP contribution is 2.43. The Morgan fingerprint density at radius 2 is 1.52 bits per heavy atom. The summed E-state index contributed by atoms with van der Waals surface area (Å²) in [7, 11) is 3.09. The van der Waals surface area contributed by atoms with Gasteiger partial charge in [-0.2, -0.15) is 0 Å². The first-order valence-electron chi connectivity index (χ1n) is 9.69. The van der Waals surface area contributed by atoms with Gasteiger partial charge in [0.2, 0.25) is 0 Å². The van der Waals surface area contributed by atoms with Crippen molar-refractivity contribution in [2.75, 3.05) is 19.1 Å². The van der Waals surface area contributed by atoms with Crippen molar-refractivity contribution in [3.63, 3.8) is 0 Å². The molecule has 1 aliphatic rings. The number of rotatable bonds is 5. The number of aliphatic hydroxyl groups is 1. The van der Waals surface area contributed by atoms with Gasteiger partial charge in [0.05, 0.1) is 25.8 Å². The van der Waals surface area contributed by atoms with Crippen LogP contribution in [0.15, 0.2) is 84.4 Å². The van der Waals surface area contributed by atoms with Crippen LogP contribution in [-0.4, -0.2) is 31.0 Å². The molecule has 1 amide bonds. The molecule has 1 fully saturated rings. The number of hydrogen-bond donors (Lipinski definition) is 1. The van der Waals surface area contributed by atoms with Crippen LogP contribution in [-0.2, 0) is 9.59 Å². The third-order valence-corrected chi connectivity index (χ3v) is 5.25. The number of carbonyl (C=O) groups excluding carboxylic acids is 2. The first-order chi connectivity index (χ1) is 15.0. The number of nitrogens with zero attached hydrogens (tertiary/aromatic N) is 1. The van der Waals surface area contributed by atoms with Gasteiger partial charge in [-0.3, -0.25) is 14.5 Å². The maximum atomic E-state index is 13.1. The molecule has 6 nitrogen and oxygen atoms in total. The number of amides is 1. The molecule has 31 heavy (non-hydrogen) atoms. The third kappa shape index (κ3) is 3.64. The summed E-state index contributed by atoms with van der Waals surface area (Å²) in [6.07, 6.45) is 0. The highest BCUT2D eigenvalue weighted by Gasteiger charge is 2.47. The van der Waals surface area contributed by atoms with Gasteiger partial charge >= 0.3 is 0 Å². The Labute approximate surface area is 180 Å². The Morgan fingerprint density at radius 3 is 2.16 bits per heavy atom. The lowest BCUT2D eigenvalue weighted by atomic mass is 9.95. The van der Waals surface area contributed by atoms with Gasteiger partial charge in [0, 0.05) is 17.3 Å². The Morgan fingerprint density at radius 1 is 0.839 bits per heavy atom. The summed E-state index contributed by atoms with van der Waals surface area (Å²) in [5.41, 5.74) is 1.66. The molecule has 3 aromatic rings. The van der Waals surface area contributed by atoms with E-state index in [0.717, 1.165) is 0 Å². The number of ketones is 1. The van der Waals surface area contributed by atoms with E-state index in [1.807, 2.05) is 6.07 Å². The average Bonchev–Trinajstić information content (AvgIpc) is 3.09. The molecule has 4 rings (SSSR count). The topological polar surface area (TPSA) is 76.1 Å². The molecule has 0 saturated carbocycles. The molecule has 0 unspecified atom stereocenters. The van der Waals surface area contributed by atoms with E-state index >= 15 is 0 Å². The summed E-state index contributed by atoms with van der Waals surface area (Å²) in [5.74, 6) is -0.484. The number of anilines is 1. The summed E-state index contributed by atoms with van der Waals surface area (Å²) >= 11 is 0. The quantitative estimate of drug-likeness (QED) is 0.381. The number of ether oxygens (including phenoxy) is 2. The van der Waals surface area contributed by atoms with Crippen molar-refractivity contribution in [2.24, 2.45) is 0 Å². The van der Waals surface area contributed by atoms with Crippen LogP contribution in [0, 0.1) is 0 Å². The maximum Gasteiger partial charge on any atom is 0.300 e. The van der Waals surface area contributed by atoms with Crippen molar-refractivity contribution in [3.8, 4) is 11.5 Å². The summed E-state index contributed by atoms with van der Waals surface area (Å²) in [6.45, 7) is 0. The molecular weight excluding hydrogens is 394 g/mol. The fourth-order valence-corrected chi connectivity index (χ4v) is 3.71. The van der Waals surface area contributed by atoms with Crippen LogP contribution in [0.1, 0.15) is 17.2 Å². The van der Waals surface area contributed by atoms with Crippen LogP contribution in [0.5, 0.6) is 11.5 Å². The van der Waals surface area contributed by atoms with E-state index in [2.05, 4.69) is 0 Å².